The first kappa shape index (κ1) is 25.5. The van der Waals surface area contributed by atoms with Gasteiger partial charge in [0.1, 0.15) is 18.1 Å². The van der Waals surface area contributed by atoms with Crippen LogP contribution >= 0.6 is 0 Å². The molecule has 0 aliphatic carbocycles. The number of sulfone groups is 1. The second-order valence-electron chi connectivity index (χ2n) is 7.88. The molecule has 2 aromatic rings. The van der Waals surface area contributed by atoms with Crippen molar-refractivity contribution in [2.24, 2.45) is 0 Å². The smallest absolute Gasteiger partial charge is 0.265 e. The number of hydrogen-bond donors (Lipinski definition) is 4. The highest BCUT2D eigenvalue weighted by Gasteiger charge is 2.51. The molecule has 34 heavy (non-hydrogen) atoms. The van der Waals surface area contributed by atoms with Crippen molar-refractivity contribution in [2.45, 2.75) is 28.9 Å². The minimum Gasteiger partial charge on any atom is -0.497 e. The van der Waals surface area contributed by atoms with E-state index in [1.807, 2.05) is 12.1 Å². The predicted octanol–water partition coefficient (Wildman–Crippen LogP) is 0.834. The number of carbonyl (C=O) groups is 2. The maximum absolute atomic E-state index is 13.2. The number of rotatable bonds is 10. The first-order chi connectivity index (χ1) is 16.3. The van der Waals surface area contributed by atoms with Crippen LogP contribution in [0.5, 0.6) is 11.5 Å². The second-order valence-corrected chi connectivity index (χ2v) is 10.1. The van der Waals surface area contributed by atoms with Crippen molar-refractivity contribution in [2.75, 3.05) is 33.4 Å². The van der Waals surface area contributed by atoms with Crippen LogP contribution in [0.1, 0.15) is 18.4 Å². The standard InChI is InChI=1S/C23H29N3O7S/c1-32-18-4-2-17(3-5-18)16-21(27)25-14-15-33-19-6-8-20(9-7-19)34(30,31)23(22(28)26-29)10-12-24-13-11-23/h2-9,24,29H,10-16H2,1H3,(H,25,27)(H,26,28). The van der Waals surface area contributed by atoms with Gasteiger partial charge in [-0.25, -0.2) is 13.9 Å². The van der Waals surface area contributed by atoms with Crippen LogP contribution in [0, 0.1) is 0 Å². The molecule has 0 spiro atoms. The van der Waals surface area contributed by atoms with Gasteiger partial charge in [0.15, 0.2) is 14.6 Å². The van der Waals surface area contributed by atoms with Crippen LogP contribution in [-0.4, -0.2) is 63.5 Å². The Balaban J connectivity index is 1.53. The van der Waals surface area contributed by atoms with Crippen molar-refractivity contribution < 1.29 is 32.7 Å². The zero-order valence-corrected chi connectivity index (χ0v) is 19.7. The summed E-state index contributed by atoms with van der Waals surface area (Å²) in [6, 6.07) is 13.0. The molecular formula is C23H29N3O7S. The van der Waals surface area contributed by atoms with Gasteiger partial charge in [-0.2, -0.15) is 0 Å². The van der Waals surface area contributed by atoms with Crippen molar-refractivity contribution in [1.29, 1.82) is 0 Å². The summed E-state index contributed by atoms with van der Waals surface area (Å²) in [6.45, 7) is 1.17. The van der Waals surface area contributed by atoms with E-state index in [-0.39, 0.29) is 43.2 Å². The van der Waals surface area contributed by atoms with E-state index < -0.39 is 20.5 Å². The maximum atomic E-state index is 13.2. The van der Waals surface area contributed by atoms with E-state index in [1.54, 1.807) is 19.2 Å². The number of carbonyl (C=O) groups excluding carboxylic acids is 2. The zero-order chi connectivity index (χ0) is 24.6. The summed E-state index contributed by atoms with van der Waals surface area (Å²) >= 11 is 0. The number of methoxy groups -OCH3 is 1. The van der Waals surface area contributed by atoms with E-state index >= 15 is 0 Å². The molecule has 10 nitrogen and oxygen atoms in total. The predicted molar refractivity (Wildman–Crippen MR) is 124 cm³/mol. The topological polar surface area (TPSA) is 143 Å². The molecule has 0 bridgehead atoms. The highest BCUT2D eigenvalue weighted by molar-refractivity contribution is 7.93. The second kappa shape index (κ2) is 11.3. The zero-order valence-electron chi connectivity index (χ0n) is 18.9. The Kier molecular flexibility index (Phi) is 8.48. The normalized spacial score (nSPS) is 15.2. The summed E-state index contributed by atoms with van der Waals surface area (Å²) in [5.74, 6) is 0.0672. The van der Waals surface area contributed by atoms with E-state index in [0.717, 1.165) is 11.3 Å². The lowest BCUT2D eigenvalue weighted by Gasteiger charge is -2.34. The fourth-order valence-electron chi connectivity index (χ4n) is 3.84. The number of ether oxygens (including phenoxy) is 2. The van der Waals surface area contributed by atoms with Crippen LogP contribution in [0.4, 0.5) is 0 Å². The molecule has 2 aromatic carbocycles. The van der Waals surface area contributed by atoms with E-state index in [1.165, 1.54) is 29.7 Å². The minimum atomic E-state index is -4.05. The van der Waals surface area contributed by atoms with Gasteiger partial charge in [0, 0.05) is 0 Å². The summed E-state index contributed by atoms with van der Waals surface area (Å²) in [4.78, 5) is 24.4. The summed E-state index contributed by atoms with van der Waals surface area (Å²) in [5, 5.41) is 14.9. The van der Waals surface area contributed by atoms with Crippen molar-refractivity contribution in [3.8, 4) is 11.5 Å². The quantitative estimate of drug-likeness (QED) is 0.217. The van der Waals surface area contributed by atoms with Crippen LogP contribution in [0.2, 0.25) is 0 Å². The lowest BCUT2D eigenvalue weighted by atomic mass is 9.96. The van der Waals surface area contributed by atoms with Crippen LogP contribution in [-0.2, 0) is 25.8 Å². The SMILES string of the molecule is COc1ccc(CC(=O)NCCOc2ccc(S(=O)(=O)C3(C(=O)NO)CCNCC3)cc2)cc1. The number of benzene rings is 2. The van der Waals surface area contributed by atoms with Crippen molar-refractivity contribution in [3.05, 3.63) is 54.1 Å². The Morgan fingerprint density at radius 2 is 1.65 bits per heavy atom. The van der Waals surface area contributed by atoms with Crippen molar-refractivity contribution >= 4 is 21.7 Å². The Labute approximate surface area is 198 Å². The molecule has 0 atom stereocenters. The van der Waals surface area contributed by atoms with Crippen molar-refractivity contribution in [3.63, 3.8) is 0 Å². The largest absolute Gasteiger partial charge is 0.497 e. The number of piperidine rings is 1. The molecule has 4 N–H and O–H groups in total. The van der Waals surface area contributed by atoms with Gasteiger partial charge in [0.2, 0.25) is 5.91 Å². The molecular weight excluding hydrogens is 462 g/mol. The molecule has 2 amide bonds. The summed E-state index contributed by atoms with van der Waals surface area (Å²) in [6.07, 6.45) is 0.335. The summed E-state index contributed by atoms with van der Waals surface area (Å²) in [5.41, 5.74) is 2.37. The first-order valence-electron chi connectivity index (χ1n) is 10.8. The van der Waals surface area contributed by atoms with Gasteiger partial charge in [0.05, 0.1) is 25.0 Å². The Hall–Kier alpha value is -3.15. The fraction of sp³-hybridized carbons (Fsp3) is 0.391. The molecule has 0 saturated carbocycles. The fourth-order valence-corrected chi connectivity index (χ4v) is 5.82. The van der Waals surface area contributed by atoms with Gasteiger partial charge in [-0.15, -0.1) is 0 Å². The van der Waals surface area contributed by atoms with Gasteiger partial charge in [-0.1, -0.05) is 12.1 Å². The molecule has 0 unspecified atom stereocenters. The molecule has 1 saturated heterocycles. The van der Waals surface area contributed by atoms with Gasteiger partial charge < -0.3 is 20.1 Å². The van der Waals surface area contributed by atoms with E-state index in [0.29, 0.717) is 18.8 Å². The molecule has 184 valence electrons. The Morgan fingerprint density at radius 3 is 2.24 bits per heavy atom. The molecule has 1 fully saturated rings. The number of amides is 2. The molecule has 1 aliphatic heterocycles. The monoisotopic (exact) mass is 491 g/mol. The lowest BCUT2D eigenvalue weighted by Crippen LogP contribution is -2.57. The third kappa shape index (κ3) is 5.66. The molecule has 11 heteroatoms. The average molecular weight is 492 g/mol. The number of hydroxylamine groups is 1. The third-order valence-electron chi connectivity index (χ3n) is 5.79. The Morgan fingerprint density at radius 1 is 1.03 bits per heavy atom. The lowest BCUT2D eigenvalue weighted by molar-refractivity contribution is -0.132. The van der Waals surface area contributed by atoms with Gasteiger partial charge in [0.25, 0.3) is 5.91 Å². The van der Waals surface area contributed by atoms with Gasteiger partial charge in [-0.3, -0.25) is 14.8 Å². The summed E-state index contributed by atoms with van der Waals surface area (Å²) < 4.78 is 35.4. The van der Waals surface area contributed by atoms with Crippen LogP contribution in [0.25, 0.3) is 0 Å². The molecule has 1 aliphatic rings. The van der Waals surface area contributed by atoms with Crippen molar-refractivity contribution in [1.82, 2.24) is 16.1 Å². The molecule has 0 radical (unpaired) electrons. The molecule has 1 heterocycles. The number of hydrogen-bond acceptors (Lipinski definition) is 8. The maximum Gasteiger partial charge on any atom is 0.265 e. The van der Waals surface area contributed by atoms with Gasteiger partial charge in [-0.05, 0) is 67.9 Å². The minimum absolute atomic E-state index is 0.0295. The molecule has 3 rings (SSSR count). The van der Waals surface area contributed by atoms with Crippen LogP contribution < -0.4 is 25.6 Å². The third-order valence-corrected chi connectivity index (χ3v) is 8.31. The number of nitrogens with one attached hydrogen (secondary N) is 3. The van der Waals surface area contributed by atoms with Crippen LogP contribution in [0.3, 0.4) is 0 Å². The van der Waals surface area contributed by atoms with E-state index in [4.69, 9.17) is 14.7 Å². The highest BCUT2D eigenvalue weighted by atomic mass is 32.2. The van der Waals surface area contributed by atoms with Gasteiger partial charge >= 0.3 is 0 Å². The first-order valence-corrected chi connectivity index (χ1v) is 12.3. The molecule has 0 aromatic heterocycles. The summed E-state index contributed by atoms with van der Waals surface area (Å²) in [7, 11) is -2.48. The highest BCUT2D eigenvalue weighted by Crippen LogP contribution is 2.34. The van der Waals surface area contributed by atoms with E-state index in [9.17, 15) is 18.0 Å². The Bertz CT molecular complexity index is 1080. The van der Waals surface area contributed by atoms with Crippen LogP contribution in [0.15, 0.2) is 53.4 Å². The average Bonchev–Trinajstić information content (AvgIpc) is 2.87. The van der Waals surface area contributed by atoms with E-state index in [2.05, 4.69) is 10.6 Å².